The van der Waals surface area contributed by atoms with E-state index in [9.17, 15) is 4.79 Å². The van der Waals surface area contributed by atoms with Gasteiger partial charge in [-0.3, -0.25) is 0 Å². The highest BCUT2D eigenvalue weighted by molar-refractivity contribution is 7.98. The summed E-state index contributed by atoms with van der Waals surface area (Å²) >= 11 is 7.58. The van der Waals surface area contributed by atoms with Gasteiger partial charge < -0.3 is 15.4 Å². The van der Waals surface area contributed by atoms with Crippen molar-refractivity contribution in [3.63, 3.8) is 0 Å². The predicted octanol–water partition coefficient (Wildman–Crippen LogP) is 6.28. The second kappa shape index (κ2) is 9.35. The maximum Gasteiger partial charge on any atom is 0.323 e. The fraction of sp³-hybridized carbons (Fsp3) is 0.0952. The molecule has 6 heteroatoms. The van der Waals surface area contributed by atoms with Crippen molar-refractivity contribution in [1.29, 1.82) is 0 Å². The lowest BCUT2D eigenvalue weighted by Gasteiger charge is -2.12. The molecule has 0 unspecified atom stereocenters. The smallest absolute Gasteiger partial charge is 0.323 e. The first-order chi connectivity index (χ1) is 13.1. The van der Waals surface area contributed by atoms with Crippen LogP contribution < -0.4 is 15.4 Å². The molecule has 3 aromatic carbocycles. The Morgan fingerprint density at radius 3 is 2.56 bits per heavy atom. The Morgan fingerprint density at radius 2 is 1.78 bits per heavy atom. The lowest BCUT2D eigenvalue weighted by Crippen LogP contribution is -2.19. The van der Waals surface area contributed by atoms with Crippen molar-refractivity contribution in [3.8, 4) is 5.75 Å². The normalized spacial score (nSPS) is 10.3. The first-order valence-electron chi connectivity index (χ1n) is 8.32. The van der Waals surface area contributed by atoms with Gasteiger partial charge in [0.15, 0.2) is 0 Å². The monoisotopic (exact) mass is 398 g/mol. The molecule has 0 aliphatic heterocycles. The van der Waals surface area contributed by atoms with E-state index in [-0.39, 0.29) is 6.03 Å². The Kier molecular flexibility index (Phi) is 6.63. The zero-order valence-electron chi connectivity index (χ0n) is 14.7. The first-order valence-corrected chi connectivity index (χ1v) is 9.69. The van der Waals surface area contributed by atoms with E-state index in [1.54, 1.807) is 24.9 Å². The van der Waals surface area contributed by atoms with Gasteiger partial charge in [0.05, 0.1) is 12.8 Å². The summed E-state index contributed by atoms with van der Waals surface area (Å²) in [5, 5.41) is 6.45. The second-order valence-corrected chi connectivity index (χ2v) is 7.18. The number of benzene rings is 3. The number of urea groups is 1. The summed E-state index contributed by atoms with van der Waals surface area (Å²) in [4.78, 5) is 13.4. The number of methoxy groups -OCH3 is 1. The van der Waals surface area contributed by atoms with Crippen molar-refractivity contribution in [2.24, 2.45) is 0 Å². The van der Waals surface area contributed by atoms with Crippen molar-refractivity contribution in [1.82, 2.24) is 0 Å². The van der Waals surface area contributed by atoms with Crippen LogP contribution in [-0.4, -0.2) is 13.1 Å². The summed E-state index contributed by atoms with van der Waals surface area (Å²) in [6.07, 6.45) is 0. The molecule has 0 bridgehead atoms. The lowest BCUT2D eigenvalue weighted by atomic mass is 10.2. The SMILES string of the molecule is COc1cccc(NC(=O)Nc2ccccc2SCc2ccc(Cl)cc2)c1. The number of nitrogens with one attached hydrogen (secondary N) is 2. The predicted molar refractivity (Wildman–Crippen MR) is 113 cm³/mol. The standard InChI is InChI=1S/C21H19ClN2O2S/c1-26-18-6-4-5-17(13-18)23-21(25)24-19-7-2-3-8-20(19)27-14-15-9-11-16(22)12-10-15/h2-13H,14H2,1H3,(H2,23,24,25). The molecule has 138 valence electrons. The van der Waals surface area contributed by atoms with Crippen molar-refractivity contribution < 1.29 is 9.53 Å². The Balaban J connectivity index is 1.64. The maximum atomic E-state index is 12.4. The van der Waals surface area contributed by atoms with Crippen molar-refractivity contribution in [2.75, 3.05) is 17.7 Å². The number of carbonyl (C=O) groups excluding carboxylic acids is 1. The molecule has 0 spiro atoms. The van der Waals surface area contributed by atoms with Crippen LogP contribution in [0.1, 0.15) is 5.56 Å². The van der Waals surface area contributed by atoms with E-state index < -0.39 is 0 Å². The van der Waals surface area contributed by atoms with E-state index in [0.29, 0.717) is 11.4 Å². The minimum absolute atomic E-state index is 0.303. The number of hydrogen-bond donors (Lipinski definition) is 2. The number of anilines is 2. The molecule has 3 aromatic rings. The van der Waals surface area contributed by atoms with Gasteiger partial charge in [-0.2, -0.15) is 0 Å². The molecule has 0 radical (unpaired) electrons. The first kappa shape index (κ1) is 19.1. The van der Waals surface area contributed by atoms with Crippen LogP contribution in [0.5, 0.6) is 5.75 Å². The number of amides is 2. The van der Waals surface area contributed by atoms with Gasteiger partial charge in [0.25, 0.3) is 0 Å². The van der Waals surface area contributed by atoms with E-state index in [1.165, 1.54) is 5.56 Å². The third-order valence-electron chi connectivity index (χ3n) is 3.77. The highest BCUT2D eigenvalue weighted by atomic mass is 35.5. The van der Waals surface area contributed by atoms with Crippen molar-refractivity contribution in [3.05, 3.63) is 83.4 Å². The minimum atomic E-state index is -0.303. The summed E-state index contributed by atoms with van der Waals surface area (Å²) in [5.41, 5.74) is 2.59. The zero-order valence-corrected chi connectivity index (χ0v) is 16.3. The molecule has 0 fully saturated rings. The number of rotatable bonds is 6. The summed E-state index contributed by atoms with van der Waals surface area (Å²) in [6.45, 7) is 0. The van der Waals surface area contributed by atoms with Crippen LogP contribution >= 0.6 is 23.4 Å². The van der Waals surface area contributed by atoms with Gasteiger partial charge in [-0.1, -0.05) is 41.9 Å². The summed E-state index contributed by atoms with van der Waals surface area (Å²) in [7, 11) is 1.59. The largest absolute Gasteiger partial charge is 0.497 e. The Hall–Kier alpha value is -2.63. The molecule has 3 rings (SSSR count). The highest BCUT2D eigenvalue weighted by Crippen LogP contribution is 2.30. The molecule has 0 aliphatic rings. The lowest BCUT2D eigenvalue weighted by molar-refractivity contribution is 0.262. The zero-order chi connectivity index (χ0) is 19.1. The van der Waals surface area contributed by atoms with Gasteiger partial charge in [0.1, 0.15) is 5.75 Å². The Bertz CT molecular complexity index is 916. The van der Waals surface area contributed by atoms with Crippen LogP contribution in [0.4, 0.5) is 16.2 Å². The molecule has 0 aromatic heterocycles. The molecule has 2 N–H and O–H groups in total. The Labute approximate surface area is 167 Å². The number of carbonyl (C=O) groups is 1. The van der Waals surface area contributed by atoms with Gasteiger partial charge in [-0.15, -0.1) is 11.8 Å². The molecule has 0 atom stereocenters. The number of ether oxygens (including phenoxy) is 1. The van der Waals surface area contributed by atoms with Gasteiger partial charge in [0.2, 0.25) is 0 Å². The number of para-hydroxylation sites is 1. The summed E-state index contributed by atoms with van der Waals surface area (Å²) in [6, 6.07) is 22.4. The van der Waals surface area contributed by atoms with Crippen molar-refractivity contribution >= 4 is 40.8 Å². The molecule has 27 heavy (non-hydrogen) atoms. The summed E-state index contributed by atoms with van der Waals surface area (Å²) in [5.74, 6) is 1.47. The molecule has 0 aliphatic carbocycles. The third-order valence-corrected chi connectivity index (χ3v) is 5.17. The van der Waals surface area contributed by atoms with Crippen molar-refractivity contribution in [2.45, 2.75) is 10.6 Å². The summed E-state index contributed by atoms with van der Waals surface area (Å²) < 4.78 is 5.17. The topological polar surface area (TPSA) is 50.4 Å². The average Bonchev–Trinajstić information content (AvgIpc) is 2.68. The Morgan fingerprint density at radius 1 is 1.00 bits per heavy atom. The quantitative estimate of drug-likeness (QED) is 0.480. The van der Waals surface area contributed by atoms with Gasteiger partial charge in [-0.05, 0) is 42.0 Å². The highest BCUT2D eigenvalue weighted by Gasteiger charge is 2.08. The third kappa shape index (κ3) is 5.67. The van der Waals surface area contributed by atoms with Crippen LogP contribution in [0.25, 0.3) is 0 Å². The molecule has 0 saturated carbocycles. The molecular weight excluding hydrogens is 380 g/mol. The number of halogens is 1. The fourth-order valence-electron chi connectivity index (χ4n) is 2.42. The molecular formula is C21H19ClN2O2S. The number of thioether (sulfide) groups is 1. The van der Waals surface area contributed by atoms with E-state index in [0.717, 1.165) is 21.4 Å². The van der Waals surface area contributed by atoms with Gasteiger partial charge in [0, 0.05) is 27.4 Å². The molecule has 4 nitrogen and oxygen atoms in total. The van der Waals surface area contributed by atoms with Crippen LogP contribution in [0.15, 0.2) is 77.7 Å². The van der Waals surface area contributed by atoms with E-state index in [1.807, 2.05) is 66.7 Å². The molecule has 0 saturated heterocycles. The van der Waals surface area contributed by atoms with Crippen LogP contribution in [0.3, 0.4) is 0 Å². The van der Waals surface area contributed by atoms with E-state index in [4.69, 9.17) is 16.3 Å². The van der Waals surface area contributed by atoms with Crippen LogP contribution in [-0.2, 0) is 5.75 Å². The van der Waals surface area contributed by atoms with Gasteiger partial charge in [-0.25, -0.2) is 4.79 Å². The maximum absolute atomic E-state index is 12.4. The van der Waals surface area contributed by atoms with Crippen LogP contribution in [0, 0.1) is 0 Å². The second-order valence-electron chi connectivity index (χ2n) is 5.72. The molecule has 0 heterocycles. The fourth-order valence-corrected chi connectivity index (χ4v) is 3.51. The van der Waals surface area contributed by atoms with Gasteiger partial charge >= 0.3 is 6.03 Å². The van der Waals surface area contributed by atoms with E-state index >= 15 is 0 Å². The number of hydrogen-bond acceptors (Lipinski definition) is 3. The molecule has 2 amide bonds. The average molecular weight is 399 g/mol. The van der Waals surface area contributed by atoms with Crippen LogP contribution in [0.2, 0.25) is 5.02 Å². The van der Waals surface area contributed by atoms with E-state index in [2.05, 4.69) is 10.6 Å². The minimum Gasteiger partial charge on any atom is -0.497 e.